The first-order chi connectivity index (χ1) is 11.7. The van der Waals surface area contributed by atoms with Gasteiger partial charge in [-0.3, -0.25) is 4.79 Å². The van der Waals surface area contributed by atoms with Crippen LogP contribution in [0.5, 0.6) is 0 Å². The van der Waals surface area contributed by atoms with Crippen molar-refractivity contribution < 1.29 is 23.1 Å². The normalized spacial score (nSPS) is 22.3. The van der Waals surface area contributed by atoms with Gasteiger partial charge < -0.3 is 10.4 Å². The summed E-state index contributed by atoms with van der Waals surface area (Å²) < 4.78 is 37.9. The van der Waals surface area contributed by atoms with Crippen LogP contribution in [0.25, 0.3) is 0 Å². The highest BCUT2D eigenvalue weighted by atomic mass is 19.4. The van der Waals surface area contributed by atoms with Crippen molar-refractivity contribution >= 4 is 5.97 Å². The molecule has 0 bridgehead atoms. The van der Waals surface area contributed by atoms with Crippen molar-refractivity contribution in [1.82, 2.24) is 5.32 Å². The van der Waals surface area contributed by atoms with Crippen LogP contribution in [-0.2, 0) is 11.0 Å². The third-order valence-electron chi connectivity index (χ3n) is 4.90. The first kappa shape index (κ1) is 19.8. The maximum absolute atomic E-state index is 12.6. The third kappa shape index (κ3) is 5.73. The smallest absolute Gasteiger partial charge is 0.416 e. The Morgan fingerprint density at radius 2 is 1.88 bits per heavy atom. The standard InChI is InChI=1S/C19H26F3NO2/c1-12(2)9-15(18(24)25)11-23-17-8-5-14(10-17)13-3-6-16(7-4-13)19(20,21)22/h3-4,6-7,12,14-15,17,23H,5,8-11H2,1-2H3,(H,24,25). The van der Waals surface area contributed by atoms with E-state index < -0.39 is 23.6 Å². The van der Waals surface area contributed by atoms with Gasteiger partial charge in [0.2, 0.25) is 0 Å². The van der Waals surface area contributed by atoms with Crippen molar-refractivity contribution in [1.29, 1.82) is 0 Å². The fraction of sp³-hybridized carbons (Fsp3) is 0.632. The zero-order valence-electron chi connectivity index (χ0n) is 14.6. The lowest BCUT2D eigenvalue weighted by Gasteiger charge is -2.19. The minimum atomic E-state index is -4.31. The summed E-state index contributed by atoms with van der Waals surface area (Å²) in [5.41, 5.74) is 0.302. The number of nitrogens with one attached hydrogen (secondary N) is 1. The molecule has 25 heavy (non-hydrogen) atoms. The molecule has 6 heteroatoms. The summed E-state index contributed by atoms with van der Waals surface area (Å²) in [6.45, 7) is 4.45. The molecule has 1 aromatic carbocycles. The molecule has 3 nitrogen and oxygen atoms in total. The van der Waals surface area contributed by atoms with Crippen LogP contribution in [0.3, 0.4) is 0 Å². The zero-order chi connectivity index (χ0) is 18.6. The SMILES string of the molecule is CC(C)CC(CNC1CCC(c2ccc(C(F)(F)F)cc2)C1)C(=O)O. The van der Waals surface area contributed by atoms with Crippen LogP contribution in [0.4, 0.5) is 13.2 Å². The molecule has 1 aliphatic rings. The van der Waals surface area contributed by atoms with Gasteiger partial charge in [-0.2, -0.15) is 13.2 Å². The number of aliphatic carboxylic acids is 1. The van der Waals surface area contributed by atoms with Gasteiger partial charge in [-0.15, -0.1) is 0 Å². The van der Waals surface area contributed by atoms with Crippen LogP contribution in [0.1, 0.15) is 56.6 Å². The molecular weight excluding hydrogens is 331 g/mol. The Hall–Kier alpha value is -1.56. The van der Waals surface area contributed by atoms with Crippen LogP contribution in [0.15, 0.2) is 24.3 Å². The van der Waals surface area contributed by atoms with E-state index in [0.717, 1.165) is 37.0 Å². The predicted octanol–water partition coefficient (Wildman–Crippen LogP) is 4.68. The summed E-state index contributed by atoms with van der Waals surface area (Å²) >= 11 is 0. The third-order valence-corrected chi connectivity index (χ3v) is 4.90. The molecule has 0 saturated heterocycles. The summed E-state index contributed by atoms with van der Waals surface area (Å²) in [5.74, 6) is -0.622. The molecular formula is C19H26F3NO2. The van der Waals surface area contributed by atoms with Gasteiger partial charge in [0, 0.05) is 12.6 Å². The van der Waals surface area contributed by atoms with Gasteiger partial charge >= 0.3 is 12.1 Å². The van der Waals surface area contributed by atoms with Gasteiger partial charge in [-0.25, -0.2) is 0 Å². The fourth-order valence-corrected chi connectivity index (χ4v) is 3.56. The zero-order valence-corrected chi connectivity index (χ0v) is 14.6. The highest BCUT2D eigenvalue weighted by molar-refractivity contribution is 5.70. The molecule has 1 fully saturated rings. The van der Waals surface area contributed by atoms with Crippen LogP contribution in [0.2, 0.25) is 0 Å². The Kier molecular flexibility index (Phi) is 6.49. The van der Waals surface area contributed by atoms with Crippen LogP contribution >= 0.6 is 0 Å². The highest BCUT2D eigenvalue weighted by Gasteiger charge is 2.31. The molecule has 1 aliphatic carbocycles. The maximum atomic E-state index is 12.6. The lowest BCUT2D eigenvalue weighted by atomic mass is 9.95. The van der Waals surface area contributed by atoms with Crippen molar-refractivity contribution in [2.75, 3.05) is 6.54 Å². The van der Waals surface area contributed by atoms with Gasteiger partial charge in [-0.05, 0) is 55.2 Å². The minimum absolute atomic E-state index is 0.223. The number of hydrogen-bond donors (Lipinski definition) is 2. The minimum Gasteiger partial charge on any atom is -0.481 e. The molecule has 1 aromatic rings. The molecule has 0 aromatic heterocycles. The second-order valence-electron chi connectivity index (χ2n) is 7.40. The number of halogens is 3. The van der Waals surface area contributed by atoms with Crippen molar-refractivity contribution in [3.8, 4) is 0 Å². The quantitative estimate of drug-likeness (QED) is 0.745. The lowest BCUT2D eigenvalue weighted by molar-refractivity contribution is -0.142. The van der Waals surface area contributed by atoms with E-state index in [2.05, 4.69) is 5.32 Å². The number of carboxylic acid groups (broad SMARTS) is 1. The maximum Gasteiger partial charge on any atom is 0.416 e. The van der Waals surface area contributed by atoms with Gasteiger partial charge in [0.15, 0.2) is 0 Å². The molecule has 0 amide bonds. The summed E-state index contributed by atoms with van der Waals surface area (Å²) in [7, 11) is 0. The lowest BCUT2D eigenvalue weighted by Crippen LogP contribution is -2.35. The Labute approximate surface area is 146 Å². The monoisotopic (exact) mass is 357 g/mol. The van der Waals surface area contributed by atoms with Crippen LogP contribution in [-0.4, -0.2) is 23.7 Å². The van der Waals surface area contributed by atoms with E-state index in [1.165, 1.54) is 0 Å². The van der Waals surface area contributed by atoms with Crippen molar-refractivity contribution in [3.63, 3.8) is 0 Å². The summed E-state index contributed by atoms with van der Waals surface area (Å²) in [6, 6.07) is 5.63. The Morgan fingerprint density at radius 3 is 2.40 bits per heavy atom. The second-order valence-corrected chi connectivity index (χ2v) is 7.40. The first-order valence-electron chi connectivity index (χ1n) is 8.80. The van der Waals surface area contributed by atoms with Gasteiger partial charge in [0.05, 0.1) is 11.5 Å². The van der Waals surface area contributed by atoms with E-state index in [1.807, 2.05) is 13.8 Å². The number of benzene rings is 1. The first-order valence-corrected chi connectivity index (χ1v) is 8.80. The summed E-state index contributed by atoms with van der Waals surface area (Å²) in [6.07, 6.45) is -1.01. The molecule has 0 aliphatic heterocycles. The van der Waals surface area contributed by atoms with Crippen LogP contribution in [0, 0.1) is 11.8 Å². The summed E-state index contributed by atoms with van der Waals surface area (Å²) in [4.78, 5) is 11.3. The molecule has 2 N–H and O–H groups in total. The van der Waals surface area contributed by atoms with E-state index in [9.17, 15) is 23.1 Å². The molecule has 3 unspecified atom stereocenters. The average Bonchev–Trinajstić information content (AvgIpc) is 2.99. The number of alkyl halides is 3. The van der Waals surface area contributed by atoms with Crippen molar-refractivity contribution in [3.05, 3.63) is 35.4 Å². The average molecular weight is 357 g/mol. The van der Waals surface area contributed by atoms with E-state index in [0.29, 0.717) is 18.9 Å². The van der Waals surface area contributed by atoms with E-state index in [-0.39, 0.29) is 12.0 Å². The molecule has 2 rings (SSSR count). The Morgan fingerprint density at radius 1 is 1.24 bits per heavy atom. The topological polar surface area (TPSA) is 49.3 Å². The van der Waals surface area contributed by atoms with Crippen molar-refractivity contribution in [2.24, 2.45) is 11.8 Å². The van der Waals surface area contributed by atoms with Gasteiger partial charge in [-0.1, -0.05) is 26.0 Å². The number of carbonyl (C=O) groups is 1. The van der Waals surface area contributed by atoms with E-state index in [1.54, 1.807) is 12.1 Å². The van der Waals surface area contributed by atoms with Gasteiger partial charge in [0.1, 0.15) is 0 Å². The Bertz CT molecular complexity index is 569. The molecule has 1 saturated carbocycles. The number of hydrogen-bond acceptors (Lipinski definition) is 2. The van der Waals surface area contributed by atoms with Crippen molar-refractivity contribution in [2.45, 2.75) is 57.7 Å². The van der Waals surface area contributed by atoms with Crippen LogP contribution < -0.4 is 5.32 Å². The van der Waals surface area contributed by atoms with E-state index in [4.69, 9.17) is 0 Å². The summed E-state index contributed by atoms with van der Waals surface area (Å²) in [5, 5.41) is 12.6. The van der Waals surface area contributed by atoms with Gasteiger partial charge in [0.25, 0.3) is 0 Å². The highest BCUT2D eigenvalue weighted by Crippen LogP contribution is 2.36. The molecule has 0 heterocycles. The largest absolute Gasteiger partial charge is 0.481 e. The second kappa shape index (κ2) is 8.21. The molecule has 0 spiro atoms. The molecule has 140 valence electrons. The number of rotatable bonds is 7. The van der Waals surface area contributed by atoms with E-state index >= 15 is 0 Å². The number of carboxylic acids is 1. The fourth-order valence-electron chi connectivity index (χ4n) is 3.56. The molecule has 3 atom stereocenters. The Balaban J connectivity index is 1.87. The molecule has 0 radical (unpaired) electrons. The predicted molar refractivity (Wildman–Crippen MR) is 90.4 cm³/mol.